The summed E-state index contributed by atoms with van der Waals surface area (Å²) in [5.74, 6) is 1.09. The smallest absolute Gasteiger partial charge is 0.173 e. The Hall–Kier alpha value is -1.15. The van der Waals surface area contributed by atoms with Crippen molar-refractivity contribution in [2.24, 2.45) is 7.05 Å². The summed E-state index contributed by atoms with van der Waals surface area (Å²) in [5.41, 5.74) is 0.837. The quantitative estimate of drug-likeness (QED) is 0.733. The van der Waals surface area contributed by atoms with Gasteiger partial charge in [0.25, 0.3) is 0 Å². The molecule has 1 aromatic heterocycles. The number of thiocarbonyl (C=S) groups is 1. The van der Waals surface area contributed by atoms with Gasteiger partial charge in [-0.1, -0.05) is 27.5 Å². The van der Waals surface area contributed by atoms with E-state index in [0.29, 0.717) is 5.02 Å². The summed E-state index contributed by atoms with van der Waals surface area (Å²) in [6, 6.07) is 5.75. The van der Waals surface area contributed by atoms with Gasteiger partial charge in [-0.2, -0.15) is 0 Å². The van der Waals surface area contributed by atoms with Crippen LogP contribution in [-0.2, 0) is 13.6 Å². The van der Waals surface area contributed by atoms with Crippen LogP contribution in [0.15, 0.2) is 35.1 Å². The van der Waals surface area contributed by atoms with Crippen molar-refractivity contribution in [3.63, 3.8) is 0 Å². The molecular formula is C17H21BrClN5S. The number of anilines is 1. The lowest BCUT2D eigenvalue weighted by Gasteiger charge is -2.25. The molecular weight excluding hydrogens is 422 g/mol. The maximum atomic E-state index is 6.27. The Morgan fingerprint density at radius 2 is 2.16 bits per heavy atom. The molecule has 1 aliphatic rings. The molecule has 1 aromatic carbocycles. The molecule has 0 unspecified atom stereocenters. The summed E-state index contributed by atoms with van der Waals surface area (Å²) in [7, 11) is 2.04. The second kappa shape index (κ2) is 8.49. The fraction of sp³-hybridized carbons (Fsp3) is 0.412. The van der Waals surface area contributed by atoms with E-state index in [1.165, 1.54) is 0 Å². The number of rotatable bonds is 3. The summed E-state index contributed by atoms with van der Waals surface area (Å²) < 4.78 is 3.03. The van der Waals surface area contributed by atoms with E-state index in [2.05, 4.69) is 40.6 Å². The predicted molar refractivity (Wildman–Crippen MR) is 110 cm³/mol. The predicted octanol–water partition coefficient (Wildman–Crippen LogP) is 3.74. The lowest BCUT2D eigenvalue weighted by molar-refractivity contribution is 0.269. The Bertz CT molecular complexity index is 750. The maximum Gasteiger partial charge on any atom is 0.173 e. The largest absolute Gasteiger partial charge is 0.348 e. The third-order valence-corrected chi connectivity index (χ3v) is 5.50. The molecule has 134 valence electrons. The van der Waals surface area contributed by atoms with Crippen LogP contribution in [-0.4, -0.2) is 50.6 Å². The monoisotopic (exact) mass is 441 g/mol. The molecule has 0 radical (unpaired) electrons. The van der Waals surface area contributed by atoms with Gasteiger partial charge in [0.1, 0.15) is 5.82 Å². The van der Waals surface area contributed by atoms with E-state index in [-0.39, 0.29) is 0 Å². The van der Waals surface area contributed by atoms with E-state index >= 15 is 0 Å². The molecule has 0 atom stereocenters. The number of nitrogens with one attached hydrogen (secondary N) is 1. The number of hydrogen-bond acceptors (Lipinski definition) is 3. The minimum atomic E-state index is 0.656. The summed E-state index contributed by atoms with van der Waals surface area (Å²) in [6.07, 6.45) is 4.90. The number of halogens is 2. The third kappa shape index (κ3) is 4.94. The molecule has 1 aliphatic heterocycles. The van der Waals surface area contributed by atoms with Gasteiger partial charge < -0.3 is 14.8 Å². The highest BCUT2D eigenvalue weighted by Gasteiger charge is 2.18. The summed E-state index contributed by atoms with van der Waals surface area (Å²) >= 11 is 15.3. The first kappa shape index (κ1) is 18.6. The minimum absolute atomic E-state index is 0.656. The van der Waals surface area contributed by atoms with Crippen LogP contribution in [0.4, 0.5) is 5.69 Å². The number of aryl methyl sites for hydroxylation is 1. The van der Waals surface area contributed by atoms with E-state index < -0.39 is 0 Å². The van der Waals surface area contributed by atoms with Crippen molar-refractivity contribution in [2.75, 3.05) is 31.5 Å². The molecule has 0 aliphatic carbocycles. The molecule has 0 saturated carbocycles. The van der Waals surface area contributed by atoms with E-state index in [4.69, 9.17) is 23.8 Å². The number of nitrogens with zero attached hydrogens (tertiary/aromatic N) is 4. The summed E-state index contributed by atoms with van der Waals surface area (Å²) in [4.78, 5) is 9.06. The summed E-state index contributed by atoms with van der Waals surface area (Å²) in [6.45, 7) is 4.71. The highest BCUT2D eigenvalue weighted by atomic mass is 79.9. The van der Waals surface area contributed by atoms with Crippen LogP contribution in [0.25, 0.3) is 0 Å². The van der Waals surface area contributed by atoms with Crippen molar-refractivity contribution < 1.29 is 0 Å². The molecule has 1 saturated heterocycles. The van der Waals surface area contributed by atoms with Crippen LogP contribution >= 0.6 is 39.7 Å². The molecule has 2 aromatic rings. The molecule has 0 spiro atoms. The first-order chi connectivity index (χ1) is 12.0. The van der Waals surface area contributed by atoms with Crippen LogP contribution in [0.2, 0.25) is 5.02 Å². The van der Waals surface area contributed by atoms with Crippen molar-refractivity contribution in [1.29, 1.82) is 0 Å². The lowest BCUT2D eigenvalue weighted by Crippen LogP contribution is -2.38. The maximum absolute atomic E-state index is 6.27. The zero-order chi connectivity index (χ0) is 17.8. The standard InChI is InChI=1S/C17H21BrClN5S/c1-22-8-5-20-16(22)12-23-6-2-7-24(10-9-23)17(25)21-15-4-3-13(18)11-14(15)19/h3-5,8,11H,2,6-7,9-10,12H2,1H3,(H,21,25). The first-order valence-corrected chi connectivity index (χ1v) is 9.80. The van der Waals surface area contributed by atoms with E-state index in [1.54, 1.807) is 0 Å². The third-order valence-electron chi connectivity index (χ3n) is 4.33. The number of hydrogen-bond donors (Lipinski definition) is 1. The Labute approximate surface area is 167 Å². The first-order valence-electron chi connectivity index (χ1n) is 8.22. The van der Waals surface area contributed by atoms with E-state index in [9.17, 15) is 0 Å². The van der Waals surface area contributed by atoms with E-state index in [1.807, 2.05) is 37.6 Å². The van der Waals surface area contributed by atoms with Gasteiger partial charge >= 0.3 is 0 Å². The number of imidazole rings is 1. The van der Waals surface area contributed by atoms with Gasteiger partial charge in [-0.05, 0) is 36.8 Å². The highest BCUT2D eigenvalue weighted by Crippen LogP contribution is 2.26. The number of aromatic nitrogens is 2. The Balaban J connectivity index is 1.57. The summed E-state index contributed by atoms with van der Waals surface area (Å²) in [5, 5.41) is 4.65. The second-order valence-electron chi connectivity index (χ2n) is 6.13. The second-order valence-corrected chi connectivity index (χ2v) is 7.84. The molecule has 1 N–H and O–H groups in total. The molecule has 25 heavy (non-hydrogen) atoms. The molecule has 0 amide bonds. The molecule has 5 nitrogen and oxygen atoms in total. The van der Waals surface area contributed by atoms with Crippen LogP contribution in [0.1, 0.15) is 12.2 Å². The van der Waals surface area contributed by atoms with Crippen LogP contribution < -0.4 is 5.32 Å². The zero-order valence-electron chi connectivity index (χ0n) is 14.1. The van der Waals surface area contributed by atoms with Gasteiger partial charge in [-0.3, -0.25) is 4.90 Å². The SMILES string of the molecule is Cn1ccnc1CN1CCCN(C(=S)Nc2ccc(Br)cc2Cl)CC1. The van der Waals surface area contributed by atoms with Crippen LogP contribution in [0, 0.1) is 0 Å². The molecule has 2 heterocycles. The Morgan fingerprint density at radius 1 is 1.32 bits per heavy atom. The van der Waals surface area contributed by atoms with Crippen molar-refractivity contribution in [1.82, 2.24) is 19.4 Å². The van der Waals surface area contributed by atoms with Crippen LogP contribution in [0.3, 0.4) is 0 Å². The molecule has 3 rings (SSSR count). The average molecular weight is 443 g/mol. The van der Waals surface area contributed by atoms with Gasteiger partial charge in [-0.15, -0.1) is 0 Å². The van der Waals surface area contributed by atoms with Crippen molar-refractivity contribution in [3.8, 4) is 0 Å². The topological polar surface area (TPSA) is 36.3 Å². The van der Waals surface area contributed by atoms with Gasteiger partial charge in [0.2, 0.25) is 0 Å². The molecule has 0 bridgehead atoms. The minimum Gasteiger partial charge on any atom is -0.348 e. The van der Waals surface area contributed by atoms with Crippen molar-refractivity contribution >= 4 is 50.5 Å². The lowest BCUT2D eigenvalue weighted by atomic mass is 10.3. The normalized spacial score (nSPS) is 15.9. The Kier molecular flexibility index (Phi) is 6.33. The van der Waals surface area contributed by atoms with Crippen molar-refractivity contribution in [2.45, 2.75) is 13.0 Å². The average Bonchev–Trinajstić information content (AvgIpc) is 2.83. The van der Waals surface area contributed by atoms with Gasteiger partial charge in [-0.25, -0.2) is 4.98 Å². The van der Waals surface area contributed by atoms with E-state index in [0.717, 1.165) is 60.2 Å². The number of benzene rings is 1. The van der Waals surface area contributed by atoms with Gasteiger partial charge in [0.15, 0.2) is 5.11 Å². The zero-order valence-corrected chi connectivity index (χ0v) is 17.2. The van der Waals surface area contributed by atoms with Gasteiger partial charge in [0.05, 0.1) is 17.3 Å². The molecule has 8 heteroatoms. The molecule has 1 fully saturated rings. The fourth-order valence-electron chi connectivity index (χ4n) is 2.87. The Morgan fingerprint density at radius 3 is 2.88 bits per heavy atom. The van der Waals surface area contributed by atoms with Gasteiger partial charge in [0, 0.05) is 50.1 Å². The fourth-order valence-corrected chi connectivity index (χ4v) is 3.88. The van der Waals surface area contributed by atoms with Crippen molar-refractivity contribution in [3.05, 3.63) is 45.9 Å². The highest BCUT2D eigenvalue weighted by molar-refractivity contribution is 9.10. The van der Waals surface area contributed by atoms with Crippen LogP contribution in [0.5, 0.6) is 0 Å².